The molecule has 2 atom stereocenters. The largest absolute Gasteiger partial charge is 0.336 e. The van der Waals surface area contributed by atoms with Crippen molar-refractivity contribution in [1.82, 2.24) is 15.5 Å². The van der Waals surface area contributed by atoms with Crippen LogP contribution in [0.1, 0.15) is 29.0 Å². The fourth-order valence-electron chi connectivity index (χ4n) is 3.62. The molecule has 3 amide bonds. The summed E-state index contributed by atoms with van der Waals surface area (Å²) in [6.45, 7) is 1.37. The molecule has 0 radical (unpaired) electrons. The molecule has 5 nitrogen and oxygen atoms in total. The third-order valence-electron chi connectivity index (χ3n) is 5.22. The summed E-state index contributed by atoms with van der Waals surface area (Å²) in [5, 5.41) is 5.66. The van der Waals surface area contributed by atoms with E-state index in [1.54, 1.807) is 0 Å². The summed E-state index contributed by atoms with van der Waals surface area (Å²) < 4.78 is 0. The van der Waals surface area contributed by atoms with Crippen LogP contribution in [0.25, 0.3) is 0 Å². The molecule has 26 heavy (non-hydrogen) atoms. The number of carbonyl (C=O) groups excluding carboxylic acids is 2. The number of urea groups is 1. The zero-order valence-electron chi connectivity index (χ0n) is 14.7. The first kappa shape index (κ1) is 16.6. The van der Waals surface area contributed by atoms with Crippen LogP contribution in [-0.2, 0) is 17.8 Å². The topological polar surface area (TPSA) is 61.4 Å². The SMILES string of the molecule is O=C(NCC(=O)N1CCc2ccccc2C1)N[C@H]1C[C@H]1c1ccccc1. The zero-order chi connectivity index (χ0) is 17.9. The molecule has 5 heteroatoms. The average molecular weight is 349 g/mol. The summed E-state index contributed by atoms with van der Waals surface area (Å²) >= 11 is 0. The molecule has 0 aromatic heterocycles. The lowest BCUT2D eigenvalue weighted by Gasteiger charge is -2.29. The van der Waals surface area contributed by atoms with Crippen LogP contribution in [0.2, 0.25) is 0 Å². The van der Waals surface area contributed by atoms with E-state index in [0.29, 0.717) is 19.0 Å². The second-order valence-electron chi connectivity index (χ2n) is 7.02. The maximum atomic E-state index is 12.4. The molecule has 2 aliphatic rings. The Morgan fingerprint density at radius 3 is 2.54 bits per heavy atom. The van der Waals surface area contributed by atoms with E-state index in [-0.39, 0.29) is 24.5 Å². The minimum Gasteiger partial charge on any atom is -0.336 e. The minimum absolute atomic E-state index is 0.0370. The molecule has 1 aliphatic carbocycles. The van der Waals surface area contributed by atoms with Gasteiger partial charge in [-0.3, -0.25) is 4.79 Å². The summed E-state index contributed by atoms with van der Waals surface area (Å²) in [5.41, 5.74) is 3.75. The number of amides is 3. The van der Waals surface area contributed by atoms with E-state index in [0.717, 1.165) is 12.8 Å². The Kier molecular flexibility index (Phi) is 4.61. The van der Waals surface area contributed by atoms with Crippen molar-refractivity contribution in [3.05, 3.63) is 71.3 Å². The van der Waals surface area contributed by atoms with Gasteiger partial charge < -0.3 is 15.5 Å². The standard InChI is InChI=1S/C21H23N3O2/c25-20(24-11-10-15-6-4-5-9-17(15)14-24)13-22-21(26)23-19-12-18(19)16-7-2-1-3-8-16/h1-9,18-19H,10-14H2,(H2,22,23,26)/t18-,19-/m0/s1. The van der Waals surface area contributed by atoms with Gasteiger partial charge in [-0.05, 0) is 29.5 Å². The van der Waals surface area contributed by atoms with Gasteiger partial charge in [-0.15, -0.1) is 0 Å². The monoisotopic (exact) mass is 349 g/mol. The maximum absolute atomic E-state index is 12.4. The Balaban J connectivity index is 1.22. The summed E-state index contributed by atoms with van der Waals surface area (Å²) in [7, 11) is 0. The predicted octanol–water partition coefficient (Wildman–Crippen LogP) is 2.43. The molecule has 2 N–H and O–H groups in total. The van der Waals surface area contributed by atoms with E-state index in [4.69, 9.17) is 0 Å². The normalized spacial score (nSPS) is 20.8. The van der Waals surface area contributed by atoms with Gasteiger partial charge in [0.05, 0.1) is 6.54 Å². The molecule has 1 fully saturated rings. The first-order chi connectivity index (χ1) is 12.7. The number of carbonyl (C=O) groups is 2. The molecule has 2 aromatic carbocycles. The van der Waals surface area contributed by atoms with Crippen molar-refractivity contribution in [2.45, 2.75) is 31.3 Å². The quantitative estimate of drug-likeness (QED) is 0.891. The van der Waals surface area contributed by atoms with Gasteiger partial charge in [0.2, 0.25) is 5.91 Å². The van der Waals surface area contributed by atoms with Gasteiger partial charge in [-0.2, -0.15) is 0 Å². The lowest BCUT2D eigenvalue weighted by molar-refractivity contribution is -0.131. The third kappa shape index (κ3) is 3.72. The van der Waals surface area contributed by atoms with Crippen molar-refractivity contribution in [3.8, 4) is 0 Å². The van der Waals surface area contributed by atoms with Crippen LogP contribution in [0.5, 0.6) is 0 Å². The molecule has 134 valence electrons. The molecule has 4 rings (SSSR count). The van der Waals surface area contributed by atoms with Crippen LogP contribution >= 0.6 is 0 Å². The average Bonchev–Trinajstić information content (AvgIpc) is 3.45. The van der Waals surface area contributed by atoms with Crippen LogP contribution in [0.15, 0.2) is 54.6 Å². The number of fused-ring (bicyclic) bond motifs is 1. The smallest absolute Gasteiger partial charge is 0.315 e. The highest BCUT2D eigenvalue weighted by atomic mass is 16.2. The molecule has 1 heterocycles. The van der Waals surface area contributed by atoms with Gasteiger partial charge in [0.15, 0.2) is 0 Å². The highest BCUT2D eigenvalue weighted by Crippen LogP contribution is 2.40. The number of benzene rings is 2. The number of rotatable bonds is 4. The molecule has 1 saturated carbocycles. The number of hydrogen-bond acceptors (Lipinski definition) is 2. The van der Waals surface area contributed by atoms with Crippen LogP contribution < -0.4 is 10.6 Å². The fraction of sp³-hybridized carbons (Fsp3) is 0.333. The van der Waals surface area contributed by atoms with E-state index in [1.165, 1.54) is 16.7 Å². The molecule has 2 aromatic rings. The highest BCUT2D eigenvalue weighted by Gasteiger charge is 2.39. The second-order valence-corrected chi connectivity index (χ2v) is 7.02. The van der Waals surface area contributed by atoms with Crippen molar-refractivity contribution in [1.29, 1.82) is 0 Å². The second kappa shape index (κ2) is 7.20. The zero-order valence-corrected chi connectivity index (χ0v) is 14.7. The number of nitrogens with zero attached hydrogens (tertiary/aromatic N) is 1. The van der Waals surface area contributed by atoms with Gasteiger partial charge in [0.25, 0.3) is 0 Å². The van der Waals surface area contributed by atoms with Crippen molar-refractivity contribution in [3.63, 3.8) is 0 Å². The first-order valence-corrected chi connectivity index (χ1v) is 9.14. The molecule has 1 aliphatic heterocycles. The Bertz CT molecular complexity index is 806. The summed E-state index contributed by atoms with van der Waals surface area (Å²) in [5.74, 6) is 0.348. The maximum Gasteiger partial charge on any atom is 0.315 e. The third-order valence-corrected chi connectivity index (χ3v) is 5.22. The molecule has 0 unspecified atom stereocenters. The molecular weight excluding hydrogens is 326 g/mol. The Hall–Kier alpha value is -2.82. The molecule has 0 spiro atoms. The van der Waals surface area contributed by atoms with Crippen molar-refractivity contribution < 1.29 is 9.59 Å². The molecule has 0 saturated heterocycles. The van der Waals surface area contributed by atoms with E-state index in [2.05, 4.69) is 34.9 Å². The van der Waals surface area contributed by atoms with E-state index < -0.39 is 0 Å². The van der Waals surface area contributed by atoms with Gasteiger partial charge in [-0.25, -0.2) is 4.79 Å². The van der Waals surface area contributed by atoms with E-state index in [1.807, 2.05) is 35.2 Å². The lowest BCUT2D eigenvalue weighted by Crippen LogP contribution is -2.45. The molecular formula is C21H23N3O2. The summed E-state index contributed by atoms with van der Waals surface area (Å²) in [6, 6.07) is 18.3. The summed E-state index contributed by atoms with van der Waals surface area (Å²) in [4.78, 5) is 26.3. The Morgan fingerprint density at radius 1 is 1.00 bits per heavy atom. The minimum atomic E-state index is -0.265. The van der Waals surface area contributed by atoms with Crippen molar-refractivity contribution in [2.75, 3.05) is 13.1 Å². The van der Waals surface area contributed by atoms with E-state index >= 15 is 0 Å². The Morgan fingerprint density at radius 2 is 1.73 bits per heavy atom. The fourth-order valence-corrected chi connectivity index (χ4v) is 3.62. The van der Waals surface area contributed by atoms with Crippen LogP contribution in [0.4, 0.5) is 4.79 Å². The van der Waals surface area contributed by atoms with Crippen LogP contribution in [0.3, 0.4) is 0 Å². The Labute approximate surface area is 153 Å². The lowest BCUT2D eigenvalue weighted by atomic mass is 10.00. The van der Waals surface area contributed by atoms with Gasteiger partial charge in [0.1, 0.15) is 0 Å². The predicted molar refractivity (Wildman–Crippen MR) is 99.7 cm³/mol. The van der Waals surface area contributed by atoms with Gasteiger partial charge in [0, 0.05) is 25.0 Å². The number of nitrogens with one attached hydrogen (secondary N) is 2. The van der Waals surface area contributed by atoms with E-state index in [9.17, 15) is 9.59 Å². The number of hydrogen-bond donors (Lipinski definition) is 2. The van der Waals surface area contributed by atoms with Crippen LogP contribution in [0, 0.1) is 0 Å². The van der Waals surface area contributed by atoms with Crippen molar-refractivity contribution >= 4 is 11.9 Å². The van der Waals surface area contributed by atoms with Crippen LogP contribution in [-0.4, -0.2) is 36.0 Å². The van der Waals surface area contributed by atoms with Crippen molar-refractivity contribution in [2.24, 2.45) is 0 Å². The first-order valence-electron chi connectivity index (χ1n) is 9.14. The van der Waals surface area contributed by atoms with Gasteiger partial charge >= 0.3 is 6.03 Å². The highest BCUT2D eigenvalue weighted by molar-refractivity contribution is 5.84. The molecule has 0 bridgehead atoms. The van der Waals surface area contributed by atoms with Gasteiger partial charge in [-0.1, -0.05) is 54.6 Å². The summed E-state index contributed by atoms with van der Waals surface area (Å²) in [6.07, 6.45) is 1.82.